The number of rotatable bonds is 9. The molecule has 2 atom stereocenters. The molecule has 32 heavy (non-hydrogen) atoms. The molecule has 9 nitrogen and oxygen atoms in total. The van der Waals surface area contributed by atoms with Crippen LogP contribution in [0.5, 0.6) is 5.88 Å². The minimum absolute atomic E-state index is 0.00776. The lowest BCUT2D eigenvalue weighted by Gasteiger charge is -2.32. The number of hydrogen-bond acceptors (Lipinski definition) is 7. The lowest BCUT2D eigenvalue weighted by Crippen LogP contribution is -2.45. The number of nitrogens with one attached hydrogen (secondary N) is 2. The number of allylic oxidation sites excluding steroid dienone is 3. The van der Waals surface area contributed by atoms with Crippen LogP contribution in [0, 0.1) is 5.92 Å². The van der Waals surface area contributed by atoms with Gasteiger partial charge in [-0.2, -0.15) is 4.37 Å². The van der Waals surface area contributed by atoms with Crippen LogP contribution in [-0.2, 0) is 0 Å². The molecule has 1 aromatic heterocycles. The SMILES string of the molecule is CN1CCN(CCCNC(=O)Nc2snc(OCC3C=CC=CC3(C)F)c2C(N)=O)CC1. The molecule has 0 spiro atoms. The van der Waals surface area contributed by atoms with Crippen LogP contribution in [0.4, 0.5) is 14.2 Å². The van der Waals surface area contributed by atoms with Gasteiger partial charge in [-0.3, -0.25) is 10.1 Å². The van der Waals surface area contributed by atoms with Gasteiger partial charge in [0.2, 0.25) is 5.88 Å². The average Bonchev–Trinajstić information content (AvgIpc) is 3.14. The van der Waals surface area contributed by atoms with E-state index in [9.17, 15) is 14.0 Å². The fourth-order valence-corrected chi connectivity index (χ4v) is 4.28. The van der Waals surface area contributed by atoms with E-state index in [1.165, 1.54) is 13.0 Å². The van der Waals surface area contributed by atoms with Crippen molar-refractivity contribution in [1.82, 2.24) is 19.5 Å². The van der Waals surface area contributed by atoms with E-state index in [0.717, 1.165) is 50.7 Å². The minimum atomic E-state index is -1.57. The number of hydrogen-bond donors (Lipinski definition) is 3. The van der Waals surface area contributed by atoms with Gasteiger partial charge in [-0.05, 0) is 44.5 Å². The predicted molar refractivity (Wildman–Crippen MR) is 123 cm³/mol. The van der Waals surface area contributed by atoms with E-state index in [0.29, 0.717) is 6.54 Å². The molecule has 3 rings (SSSR count). The van der Waals surface area contributed by atoms with Crippen LogP contribution >= 0.6 is 11.5 Å². The number of aromatic nitrogens is 1. The molecule has 1 aromatic rings. The number of primary amides is 1. The second-order valence-electron chi connectivity index (χ2n) is 8.25. The Balaban J connectivity index is 1.48. The first-order valence-electron chi connectivity index (χ1n) is 10.7. The van der Waals surface area contributed by atoms with Crippen LogP contribution in [0.1, 0.15) is 23.7 Å². The summed E-state index contributed by atoms with van der Waals surface area (Å²) < 4.78 is 24.2. The van der Waals surface area contributed by atoms with Gasteiger partial charge in [0.15, 0.2) is 0 Å². The molecule has 2 heterocycles. The summed E-state index contributed by atoms with van der Waals surface area (Å²) in [7, 11) is 2.11. The first kappa shape index (κ1) is 24.1. The Morgan fingerprint density at radius 2 is 2.09 bits per heavy atom. The summed E-state index contributed by atoms with van der Waals surface area (Å²) in [5, 5.41) is 5.60. The molecular weight excluding hydrogens is 435 g/mol. The fraction of sp³-hybridized carbons (Fsp3) is 0.571. The standard InChI is InChI=1S/C21H31FN6O3S/c1-21(22)7-4-3-6-15(21)14-31-18-16(17(23)29)19(32-26-18)25-20(30)24-8-5-9-28-12-10-27(2)11-13-28/h3-4,6-7,15H,5,8-14H2,1-2H3,(H2,23,29)(H2,24,25,30). The quantitative estimate of drug-likeness (QED) is 0.479. The third-order valence-corrected chi connectivity index (χ3v) is 6.41. The van der Waals surface area contributed by atoms with E-state index in [1.807, 2.05) is 0 Å². The molecule has 1 aliphatic carbocycles. The molecule has 1 fully saturated rings. The van der Waals surface area contributed by atoms with Gasteiger partial charge < -0.3 is 25.6 Å². The Morgan fingerprint density at radius 3 is 2.78 bits per heavy atom. The monoisotopic (exact) mass is 466 g/mol. The van der Waals surface area contributed by atoms with E-state index >= 15 is 0 Å². The second-order valence-corrected chi connectivity index (χ2v) is 9.02. The van der Waals surface area contributed by atoms with Crippen molar-refractivity contribution in [2.75, 3.05) is 58.2 Å². The maximum absolute atomic E-state index is 14.6. The zero-order chi connectivity index (χ0) is 23.1. The topological polar surface area (TPSA) is 113 Å². The van der Waals surface area contributed by atoms with E-state index in [2.05, 4.69) is 31.9 Å². The molecule has 4 N–H and O–H groups in total. The molecule has 0 bridgehead atoms. The predicted octanol–water partition coefficient (Wildman–Crippen LogP) is 1.85. The maximum Gasteiger partial charge on any atom is 0.319 e. The van der Waals surface area contributed by atoms with Crippen LogP contribution in [-0.4, -0.2) is 84.7 Å². The number of likely N-dealkylation sites (N-methyl/N-ethyl adjacent to an activating group) is 1. The highest BCUT2D eigenvalue weighted by Crippen LogP contribution is 2.33. The number of carbonyl (C=O) groups is 2. The van der Waals surface area contributed by atoms with Crippen molar-refractivity contribution in [3.8, 4) is 5.88 Å². The molecule has 1 saturated heterocycles. The zero-order valence-electron chi connectivity index (χ0n) is 18.5. The van der Waals surface area contributed by atoms with E-state index in [4.69, 9.17) is 10.5 Å². The molecular formula is C21H31FN6O3S. The molecule has 0 radical (unpaired) electrons. The summed E-state index contributed by atoms with van der Waals surface area (Å²) in [5.41, 5.74) is 3.90. The van der Waals surface area contributed by atoms with Crippen LogP contribution in [0.15, 0.2) is 24.3 Å². The van der Waals surface area contributed by atoms with Gasteiger partial charge in [0.1, 0.15) is 16.2 Å². The number of nitrogens with zero attached hydrogens (tertiary/aromatic N) is 3. The fourth-order valence-electron chi connectivity index (χ4n) is 3.54. The number of alkyl halides is 1. The van der Waals surface area contributed by atoms with Crippen molar-refractivity contribution in [1.29, 1.82) is 0 Å². The molecule has 2 unspecified atom stereocenters. The Morgan fingerprint density at radius 1 is 1.34 bits per heavy atom. The number of urea groups is 1. The van der Waals surface area contributed by atoms with Crippen LogP contribution in [0.2, 0.25) is 0 Å². The normalized spacial score (nSPS) is 23.8. The molecule has 2 aliphatic rings. The summed E-state index contributed by atoms with van der Waals surface area (Å²) in [6.07, 6.45) is 7.36. The van der Waals surface area contributed by atoms with Gasteiger partial charge >= 0.3 is 6.03 Å². The number of halogens is 1. The van der Waals surface area contributed by atoms with Gasteiger partial charge in [0, 0.05) is 38.6 Å². The summed E-state index contributed by atoms with van der Waals surface area (Å²) in [5.74, 6) is -1.32. The van der Waals surface area contributed by atoms with Crippen molar-refractivity contribution in [3.05, 3.63) is 29.9 Å². The highest BCUT2D eigenvalue weighted by molar-refractivity contribution is 7.11. The van der Waals surface area contributed by atoms with Crippen molar-refractivity contribution < 1.29 is 18.7 Å². The summed E-state index contributed by atoms with van der Waals surface area (Å²) in [6.45, 7) is 7.02. The highest BCUT2D eigenvalue weighted by atomic mass is 32.1. The minimum Gasteiger partial charge on any atom is -0.476 e. The molecule has 176 valence electrons. The van der Waals surface area contributed by atoms with Gasteiger partial charge in [-0.25, -0.2) is 9.18 Å². The van der Waals surface area contributed by atoms with Crippen molar-refractivity contribution in [3.63, 3.8) is 0 Å². The van der Waals surface area contributed by atoms with Crippen molar-refractivity contribution >= 4 is 28.5 Å². The summed E-state index contributed by atoms with van der Waals surface area (Å²) in [6, 6.07) is -0.447. The molecule has 1 aliphatic heterocycles. The van der Waals surface area contributed by atoms with E-state index in [1.54, 1.807) is 18.2 Å². The largest absolute Gasteiger partial charge is 0.476 e. The highest BCUT2D eigenvalue weighted by Gasteiger charge is 2.32. The van der Waals surface area contributed by atoms with Gasteiger partial charge in [0.25, 0.3) is 5.91 Å². The zero-order valence-corrected chi connectivity index (χ0v) is 19.3. The van der Waals surface area contributed by atoms with Crippen LogP contribution < -0.4 is 21.1 Å². The first-order chi connectivity index (χ1) is 15.3. The lowest BCUT2D eigenvalue weighted by atomic mass is 9.88. The van der Waals surface area contributed by atoms with Gasteiger partial charge in [-0.15, -0.1) is 0 Å². The third-order valence-electron chi connectivity index (χ3n) is 5.67. The number of nitrogens with two attached hydrogens (primary N) is 1. The van der Waals surface area contributed by atoms with Crippen LogP contribution in [0.3, 0.4) is 0 Å². The Kier molecular flexibility index (Phi) is 8.21. The molecule has 0 saturated carbocycles. The van der Waals surface area contributed by atoms with Gasteiger partial charge in [0.05, 0.1) is 6.61 Å². The first-order valence-corrected chi connectivity index (χ1v) is 11.5. The van der Waals surface area contributed by atoms with Crippen molar-refractivity contribution in [2.24, 2.45) is 11.7 Å². The van der Waals surface area contributed by atoms with Crippen LogP contribution in [0.25, 0.3) is 0 Å². The maximum atomic E-state index is 14.6. The Labute approximate surface area is 191 Å². The van der Waals surface area contributed by atoms with Gasteiger partial charge in [-0.1, -0.05) is 18.2 Å². The molecule has 11 heteroatoms. The summed E-state index contributed by atoms with van der Waals surface area (Å²) in [4.78, 5) is 28.9. The van der Waals surface area contributed by atoms with E-state index in [-0.39, 0.29) is 23.1 Å². The van der Waals surface area contributed by atoms with E-state index < -0.39 is 23.5 Å². The molecule has 3 amide bonds. The lowest BCUT2D eigenvalue weighted by molar-refractivity contribution is 0.0992. The van der Waals surface area contributed by atoms with Crippen molar-refractivity contribution in [2.45, 2.75) is 19.0 Å². The summed E-state index contributed by atoms with van der Waals surface area (Å²) >= 11 is 0.895. The number of ether oxygens (including phenoxy) is 1. The number of carbonyl (C=O) groups excluding carboxylic acids is 2. The Bertz CT molecular complexity index is 864. The Hall–Kier alpha value is -2.50. The average molecular weight is 467 g/mol. The number of anilines is 1. The number of piperazine rings is 1. The third kappa shape index (κ3) is 6.50. The second kappa shape index (κ2) is 10.9. The molecule has 0 aromatic carbocycles. The number of amides is 3. The smallest absolute Gasteiger partial charge is 0.319 e.